The molecule has 0 aliphatic heterocycles. The normalized spacial score (nSPS) is 11.3. The van der Waals surface area contributed by atoms with Crippen molar-refractivity contribution in [2.24, 2.45) is 0 Å². The second kappa shape index (κ2) is 9.18. The Balaban J connectivity index is 2.07. The highest BCUT2D eigenvalue weighted by atomic mass is 28.4. The lowest BCUT2D eigenvalue weighted by molar-refractivity contribution is -0.139. The molecule has 0 aromatic heterocycles. The molecule has 0 aliphatic rings. The monoisotopic (exact) mass is 384 g/mol. The molecule has 0 bridgehead atoms. The number of hydrogen-bond acceptors (Lipinski definition) is 5. The molecular weight excluding hydrogens is 360 g/mol. The molecule has 0 fully saturated rings. The van der Waals surface area contributed by atoms with E-state index in [-0.39, 0.29) is 6.61 Å². The largest absolute Gasteiger partial charge is 0.542 e. The molecule has 0 N–H and O–H groups in total. The van der Waals surface area contributed by atoms with Gasteiger partial charge in [-0.2, -0.15) is 0 Å². The van der Waals surface area contributed by atoms with Gasteiger partial charge in [0.15, 0.2) is 5.75 Å². The molecule has 0 radical (unpaired) electrons. The minimum Gasteiger partial charge on any atom is -0.542 e. The zero-order valence-corrected chi connectivity index (χ0v) is 17.0. The zero-order chi connectivity index (χ0) is 19.9. The summed E-state index contributed by atoms with van der Waals surface area (Å²) in [4.78, 5) is 23.3. The topological polar surface area (TPSA) is 61.8 Å². The second-order valence-electron chi connectivity index (χ2n) is 6.94. The fraction of sp³-hybridized carbons (Fsp3) is 0.238. The molecule has 6 heteroatoms. The van der Waals surface area contributed by atoms with E-state index in [1.54, 1.807) is 24.3 Å². The third-order valence-corrected chi connectivity index (χ3v) is 4.11. The molecule has 5 nitrogen and oxygen atoms in total. The number of esters is 2. The van der Waals surface area contributed by atoms with E-state index < -0.39 is 20.3 Å². The van der Waals surface area contributed by atoms with E-state index in [1.165, 1.54) is 13.0 Å². The highest BCUT2D eigenvalue weighted by Gasteiger charge is 2.19. The van der Waals surface area contributed by atoms with Gasteiger partial charge in [-0.25, -0.2) is 4.79 Å². The van der Waals surface area contributed by atoms with Crippen LogP contribution in [0, 0.1) is 0 Å². The third kappa shape index (κ3) is 7.50. The first-order valence-corrected chi connectivity index (χ1v) is 12.0. The summed E-state index contributed by atoms with van der Waals surface area (Å²) in [7, 11) is -1.86. The second-order valence-corrected chi connectivity index (χ2v) is 11.4. The van der Waals surface area contributed by atoms with Crippen LogP contribution >= 0.6 is 0 Å². The summed E-state index contributed by atoms with van der Waals surface area (Å²) in [5, 5.41) is 0. The van der Waals surface area contributed by atoms with Crippen LogP contribution in [-0.2, 0) is 20.9 Å². The summed E-state index contributed by atoms with van der Waals surface area (Å²) in [6.45, 7) is 7.68. The highest BCUT2D eigenvalue weighted by Crippen LogP contribution is 2.31. The van der Waals surface area contributed by atoms with Gasteiger partial charge in [0.1, 0.15) is 12.4 Å². The van der Waals surface area contributed by atoms with Gasteiger partial charge in [-0.3, -0.25) is 4.79 Å². The number of hydrogen-bond donors (Lipinski definition) is 0. The summed E-state index contributed by atoms with van der Waals surface area (Å²) in [6.07, 6.45) is 2.95. The molecule has 0 amide bonds. The minimum atomic E-state index is -1.86. The first-order chi connectivity index (χ1) is 12.7. The number of carbonyl (C=O) groups is 2. The van der Waals surface area contributed by atoms with Gasteiger partial charge in [-0.05, 0) is 49.0 Å². The van der Waals surface area contributed by atoms with Crippen LogP contribution in [0.2, 0.25) is 19.6 Å². The summed E-state index contributed by atoms with van der Waals surface area (Å²) in [5.41, 5.74) is 1.62. The molecule has 2 aromatic carbocycles. The Kier molecular flexibility index (Phi) is 6.96. The van der Waals surface area contributed by atoms with Crippen molar-refractivity contribution in [2.45, 2.75) is 33.2 Å². The SMILES string of the molecule is CC(=O)Oc1cc(/C=C/C(=O)OCc2ccccc2)ccc1O[Si](C)(C)C. The summed E-state index contributed by atoms with van der Waals surface area (Å²) in [5.74, 6) is -0.0213. The van der Waals surface area contributed by atoms with E-state index >= 15 is 0 Å². The first kappa shape index (κ1) is 20.4. The van der Waals surface area contributed by atoms with Crippen LogP contribution in [0.3, 0.4) is 0 Å². The molecule has 2 aromatic rings. The van der Waals surface area contributed by atoms with Crippen LogP contribution in [-0.4, -0.2) is 20.3 Å². The van der Waals surface area contributed by atoms with Crippen LogP contribution < -0.4 is 9.16 Å². The smallest absolute Gasteiger partial charge is 0.331 e. The summed E-state index contributed by atoms with van der Waals surface area (Å²) in [6, 6.07) is 14.7. The molecule has 0 unspecified atom stereocenters. The molecule has 0 atom stereocenters. The number of rotatable bonds is 7. The first-order valence-electron chi connectivity index (χ1n) is 8.63. The van der Waals surface area contributed by atoms with Gasteiger partial charge in [0, 0.05) is 13.0 Å². The van der Waals surface area contributed by atoms with E-state index in [0.717, 1.165) is 5.56 Å². The maximum atomic E-state index is 11.9. The van der Waals surface area contributed by atoms with E-state index in [4.69, 9.17) is 13.9 Å². The third-order valence-electron chi connectivity index (χ3n) is 3.27. The Labute approximate surface area is 160 Å². The fourth-order valence-electron chi connectivity index (χ4n) is 2.22. The molecule has 27 heavy (non-hydrogen) atoms. The summed E-state index contributed by atoms with van der Waals surface area (Å²) < 4.78 is 16.4. The predicted molar refractivity (Wildman–Crippen MR) is 107 cm³/mol. The van der Waals surface area contributed by atoms with Gasteiger partial charge >= 0.3 is 11.9 Å². The minimum absolute atomic E-state index is 0.214. The Morgan fingerprint density at radius 1 is 1.00 bits per heavy atom. The Bertz CT molecular complexity index is 822. The van der Waals surface area contributed by atoms with Gasteiger partial charge < -0.3 is 13.9 Å². The van der Waals surface area contributed by atoms with Gasteiger partial charge in [-0.1, -0.05) is 36.4 Å². The van der Waals surface area contributed by atoms with Crippen LogP contribution in [0.15, 0.2) is 54.6 Å². The maximum Gasteiger partial charge on any atom is 0.331 e. The Morgan fingerprint density at radius 2 is 1.70 bits per heavy atom. The standard InChI is InChI=1S/C21H24O5Si/c1-16(22)25-20-14-17(10-12-19(20)26-27(2,3)4)11-13-21(23)24-15-18-8-6-5-7-9-18/h5-14H,15H2,1-4H3/b13-11+. The van der Waals surface area contributed by atoms with Gasteiger partial charge in [0.05, 0.1) is 0 Å². The molecule has 2 rings (SSSR count). The van der Waals surface area contributed by atoms with Crippen molar-refractivity contribution in [1.82, 2.24) is 0 Å². The van der Waals surface area contributed by atoms with Crippen LogP contribution in [0.4, 0.5) is 0 Å². The molecule has 0 aliphatic carbocycles. The van der Waals surface area contributed by atoms with Crippen molar-refractivity contribution in [2.75, 3.05) is 0 Å². The average Bonchev–Trinajstić information content (AvgIpc) is 2.59. The average molecular weight is 385 g/mol. The van der Waals surface area contributed by atoms with Crippen molar-refractivity contribution in [3.05, 3.63) is 65.7 Å². The highest BCUT2D eigenvalue weighted by molar-refractivity contribution is 6.70. The Hall–Kier alpha value is -2.86. The van der Waals surface area contributed by atoms with Crippen molar-refractivity contribution in [1.29, 1.82) is 0 Å². The number of carbonyl (C=O) groups excluding carboxylic acids is 2. The van der Waals surface area contributed by atoms with Crippen molar-refractivity contribution >= 4 is 26.3 Å². The van der Waals surface area contributed by atoms with Crippen molar-refractivity contribution in [3.8, 4) is 11.5 Å². The summed E-state index contributed by atoms with van der Waals surface area (Å²) >= 11 is 0. The molecule has 0 saturated heterocycles. The van der Waals surface area contributed by atoms with Gasteiger partial charge in [-0.15, -0.1) is 0 Å². The van der Waals surface area contributed by atoms with E-state index in [0.29, 0.717) is 17.1 Å². The molecule has 0 spiro atoms. The van der Waals surface area contributed by atoms with Gasteiger partial charge in [0.25, 0.3) is 0 Å². The maximum absolute atomic E-state index is 11.9. The van der Waals surface area contributed by atoms with Crippen molar-refractivity contribution in [3.63, 3.8) is 0 Å². The van der Waals surface area contributed by atoms with E-state index in [9.17, 15) is 9.59 Å². The lowest BCUT2D eigenvalue weighted by Gasteiger charge is -2.21. The van der Waals surface area contributed by atoms with Crippen LogP contribution in [0.1, 0.15) is 18.1 Å². The molecule has 142 valence electrons. The number of benzene rings is 2. The van der Waals surface area contributed by atoms with Crippen LogP contribution in [0.25, 0.3) is 6.08 Å². The lowest BCUT2D eigenvalue weighted by Crippen LogP contribution is -2.29. The van der Waals surface area contributed by atoms with Crippen LogP contribution in [0.5, 0.6) is 11.5 Å². The fourth-order valence-corrected chi connectivity index (χ4v) is 3.05. The quantitative estimate of drug-likeness (QED) is 0.303. The van der Waals surface area contributed by atoms with Crippen molar-refractivity contribution < 1.29 is 23.5 Å². The zero-order valence-electron chi connectivity index (χ0n) is 16.0. The van der Waals surface area contributed by atoms with E-state index in [1.807, 2.05) is 50.0 Å². The lowest BCUT2D eigenvalue weighted by atomic mass is 10.2. The molecule has 0 saturated carbocycles. The Morgan fingerprint density at radius 3 is 2.33 bits per heavy atom. The molecular formula is C21H24O5Si. The molecule has 0 heterocycles. The predicted octanol–water partition coefficient (Wildman–Crippen LogP) is 4.58. The number of ether oxygens (including phenoxy) is 2. The van der Waals surface area contributed by atoms with E-state index in [2.05, 4.69) is 0 Å². The van der Waals surface area contributed by atoms with Gasteiger partial charge in [0.2, 0.25) is 8.32 Å².